The Morgan fingerprint density at radius 3 is 3.00 bits per heavy atom. The summed E-state index contributed by atoms with van der Waals surface area (Å²) in [6.07, 6.45) is 6.27. The third-order valence-corrected chi connectivity index (χ3v) is 4.59. The number of likely N-dealkylation sites (tertiary alicyclic amines) is 1. The summed E-state index contributed by atoms with van der Waals surface area (Å²) in [4.78, 5) is 7.06. The summed E-state index contributed by atoms with van der Waals surface area (Å²) < 4.78 is 7.46. The minimum atomic E-state index is 0.306. The Kier molecular flexibility index (Phi) is 5.14. The van der Waals surface area contributed by atoms with Gasteiger partial charge in [-0.05, 0) is 26.3 Å². The standard InChI is InChI=1S/C18H27N5O/c1-5-8-23-12-16(14(4)20-23)11-22-9-6-7-15(10-22)18-19-17(13(2)3)21-24-18/h5,12-13,15H,1,6-11H2,2-4H3. The highest BCUT2D eigenvalue weighted by Crippen LogP contribution is 2.27. The highest BCUT2D eigenvalue weighted by atomic mass is 16.5. The number of rotatable bonds is 6. The van der Waals surface area contributed by atoms with Gasteiger partial charge in [-0.15, -0.1) is 6.58 Å². The molecule has 1 atom stereocenters. The van der Waals surface area contributed by atoms with Gasteiger partial charge in [0.2, 0.25) is 5.89 Å². The molecule has 0 radical (unpaired) electrons. The van der Waals surface area contributed by atoms with Crippen LogP contribution in [0.4, 0.5) is 0 Å². The number of hydrogen-bond donors (Lipinski definition) is 0. The molecule has 0 amide bonds. The molecular weight excluding hydrogens is 302 g/mol. The number of piperidine rings is 1. The summed E-state index contributed by atoms with van der Waals surface area (Å²) in [5.74, 6) is 2.24. The molecule has 1 aliphatic rings. The summed E-state index contributed by atoms with van der Waals surface area (Å²) in [6.45, 7) is 13.8. The van der Waals surface area contributed by atoms with Crippen molar-refractivity contribution in [3.05, 3.63) is 41.8 Å². The van der Waals surface area contributed by atoms with Crippen LogP contribution in [0.15, 0.2) is 23.4 Å². The van der Waals surface area contributed by atoms with Crippen molar-refractivity contribution in [1.82, 2.24) is 24.8 Å². The van der Waals surface area contributed by atoms with Gasteiger partial charge in [-0.25, -0.2) is 0 Å². The van der Waals surface area contributed by atoms with Crippen LogP contribution < -0.4 is 0 Å². The first kappa shape index (κ1) is 16.9. The van der Waals surface area contributed by atoms with E-state index in [1.54, 1.807) is 0 Å². The first-order valence-electron chi connectivity index (χ1n) is 8.76. The largest absolute Gasteiger partial charge is 0.339 e. The van der Waals surface area contributed by atoms with Crippen LogP contribution in [-0.2, 0) is 13.1 Å². The van der Waals surface area contributed by atoms with E-state index in [2.05, 4.69) is 53.7 Å². The molecule has 130 valence electrons. The molecule has 2 aromatic rings. The normalized spacial score (nSPS) is 19.1. The van der Waals surface area contributed by atoms with E-state index in [0.29, 0.717) is 11.8 Å². The van der Waals surface area contributed by atoms with Gasteiger partial charge in [0.05, 0.1) is 18.2 Å². The predicted molar refractivity (Wildman–Crippen MR) is 92.8 cm³/mol. The quantitative estimate of drug-likeness (QED) is 0.761. The number of aromatic nitrogens is 4. The van der Waals surface area contributed by atoms with Crippen molar-refractivity contribution < 1.29 is 4.52 Å². The fourth-order valence-corrected chi connectivity index (χ4v) is 3.23. The molecule has 1 saturated heterocycles. The van der Waals surface area contributed by atoms with Gasteiger partial charge < -0.3 is 4.52 Å². The van der Waals surface area contributed by atoms with Crippen molar-refractivity contribution in [2.45, 2.75) is 58.5 Å². The zero-order valence-corrected chi connectivity index (χ0v) is 14.9. The Hall–Kier alpha value is -1.95. The van der Waals surface area contributed by atoms with Crippen LogP contribution in [0, 0.1) is 6.92 Å². The fraction of sp³-hybridized carbons (Fsp3) is 0.611. The van der Waals surface area contributed by atoms with Crippen molar-refractivity contribution in [1.29, 1.82) is 0 Å². The van der Waals surface area contributed by atoms with Gasteiger partial charge >= 0.3 is 0 Å². The molecule has 6 heteroatoms. The smallest absolute Gasteiger partial charge is 0.231 e. The van der Waals surface area contributed by atoms with E-state index in [-0.39, 0.29) is 0 Å². The zero-order chi connectivity index (χ0) is 17.1. The van der Waals surface area contributed by atoms with Crippen LogP contribution in [0.1, 0.15) is 61.5 Å². The Morgan fingerprint density at radius 1 is 1.46 bits per heavy atom. The van der Waals surface area contributed by atoms with E-state index in [4.69, 9.17) is 4.52 Å². The second kappa shape index (κ2) is 7.30. The van der Waals surface area contributed by atoms with Gasteiger partial charge in [0, 0.05) is 30.8 Å². The zero-order valence-electron chi connectivity index (χ0n) is 14.9. The minimum Gasteiger partial charge on any atom is -0.339 e. The van der Waals surface area contributed by atoms with Crippen molar-refractivity contribution in [2.24, 2.45) is 0 Å². The van der Waals surface area contributed by atoms with Crippen LogP contribution in [0.25, 0.3) is 0 Å². The number of aryl methyl sites for hydroxylation is 1. The molecule has 24 heavy (non-hydrogen) atoms. The molecule has 1 fully saturated rings. The van der Waals surface area contributed by atoms with Crippen molar-refractivity contribution >= 4 is 0 Å². The molecule has 0 saturated carbocycles. The lowest BCUT2D eigenvalue weighted by atomic mass is 9.97. The summed E-state index contributed by atoms with van der Waals surface area (Å²) in [5.41, 5.74) is 2.38. The van der Waals surface area contributed by atoms with Crippen LogP contribution >= 0.6 is 0 Å². The van der Waals surface area contributed by atoms with E-state index >= 15 is 0 Å². The highest BCUT2D eigenvalue weighted by molar-refractivity contribution is 5.16. The Labute approximate surface area is 143 Å². The molecular formula is C18H27N5O. The molecule has 3 heterocycles. The van der Waals surface area contributed by atoms with Gasteiger partial charge in [0.15, 0.2) is 5.82 Å². The van der Waals surface area contributed by atoms with E-state index in [9.17, 15) is 0 Å². The molecule has 6 nitrogen and oxygen atoms in total. The van der Waals surface area contributed by atoms with Crippen molar-refractivity contribution in [3.8, 4) is 0 Å². The van der Waals surface area contributed by atoms with Crippen LogP contribution in [0.3, 0.4) is 0 Å². The van der Waals surface area contributed by atoms with E-state index in [1.165, 1.54) is 5.56 Å². The molecule has 2 aromatic heterocycles. The topological polar surface area (TPSA) is 60.0 Å². The lowest BCUT2D eigenvalue weighted by molar-refractivity contribution is 0.180. The SMILES string of the molecule is C=CCn1cc(CN2CCCC(c3nc(C(C)C)no3)C2)c(C)n1. The second-order valence-corrected chi connectivity index (χ2v) is 6.97. The second-order valence-electron chi connectivity index (χ2n) is 6.97. The monoisotopic (exact) mass is 329 g/mol. The third kappa shape index (κ3) is 3.75. The summed E-state index contributed by atoms with van der Waals surface area (Å²) in [5, 5.41) is 8.65. The van der Waals surface area contributed by atoms with Gasteiger partial charge in [-0.1, -0.05) is 25.1 Å². The van der Waals surface area contributed by atoms with E-state index < -0.39 is 0 Å². The molecule has 0 aliphatic carbocycles. The molecule has 0 bridgehead atoms. The maximum absolute atomic E-state index is 5.51. The van der Waals surface area contributed by atoms with Crippen molar-refractivity contribution in [2.75, 3.05) is 13.1 Å². The predicted octanol–water partition coefficient (Wildman–Crippen LogP) is 3.26. The summed E-state index contributed by atoms with van der Waals surface area (Å²) in [7, 11) is 0. The van der Waals surface area contributed by atoms with Gasteiger partial charge in [-0.2, -0.15) is 10.1 Å². The van der Waals surface area contributed by atoms with Crippen LogP contribution in [0.2, 0.25) is 0 Å². The van der Waals surface area contributed by atoms with Gasteiger partial charge in [0.1, 0.15) is 0 Å². The summed E-state index contributed by atoms with van der Waals surface area (Å²) >= 11 is 0. The van der Waals surface area contributed by atoms with Crippen LogP contribution in [-0.4, -0.2) is 37.9 Å². The Bertz CT molecular complexity index is 687. The first-order valence-corrected chi connectivity index (χ1v) is 8.76. The molecule has 1 unspecified atom stereocenters. The highest BCUT2D eigenvalue weighted by Gasteiger charge is 2.27. The average Bonchev–Trinajstić information content (AvgIpc) is 3.16. The maximum Gasteiger partial charge on any atom is 0.231 e. The summed E-state index contributed by atoms with van der Waals surface area (Å²) in [6, 6.07) is 0. The van der Waals surface area contributed by atoms with E-state index in [1.807, 2.05) is 10.8 Å². The van der Waals surface area contributed by atoms with Crippen molar-refractivity contribution in [3.63, 3.8) is 0 Å². The average molecular weight is 329 g/mol. The lowest BCUT2D eigenvalue weighted by Gasteiger charge is -2.30. The number of nitrogens with zero attached hydrogens (tertiary/aromatic N) is 5. The fourth-order valence-electron chi connectivity index (χ4n) is 3.23. The minimum absolute atomic E-state index is 0.306. The number of hydrogen-bond acceptors (Lipinski definition) is 5. The van der Waals surface area contributed by atoms with Crippen LogP contribution in [0.5, 0.6) is 0 Å². The number of allylic oxidation sites excluding steroid dienone is 1. The first-order chi connectivity index (χ1) is 11.6. The molecule has 1 aliphatic heterocycles. The third-order valence-electron chi connectivity index (χ3n) is 4.59. The van der Waals surface area contributed by atoms with E-state index in [0.717, 1.165) is 56.4 Å². The molecule has 3 rings (SSSR count). The lowest BCUT2D eigenvalue weighted by Crippen LogP contribution is -2.34. The maximum atomic E-state index is 5.51. The van der Waals surface area contributed by atoms with Gasteiger partial charge in [-0.3, -0.25) is 9.58 Å². The molecule has 0 spiro atoms. The molecule has 0 N–H and O–H groups in total. The van der Waals surface area contributed by atoms with Gasteiger partial charge in [0.25, 0.3) is 0 Å². The Balaban J connectivity index is 1.65. The Morgan fingerprint density at radius 2 is 2.29 bits per heavy atom. The molecule has 0 aromatic carbocycles.